The largest absolute Gasteiger partial charge is 0.451 e. The van der Waals surface area contributed by atoms with Gasteiger partial charge in [0.05, 0.1) is 0 Å². The van der Waals surface area contributed by atoms with Crippen LogP contribution in [0.1, 0.15) is 33.3 Å². The molecule has 0 aliphatic carbocycles. The van der Waals surface area contributed by atoms with Gasteiger partial charge in [0.15, 0.2) is 6.10 Å². The quantitative estimate of drug-likeness (QED) is 0.647. The lowest BCUT2D eigenvalue weighted by molar-refractivity contribution is -0.157. The van der Waals surface area contributed by atoms with Crippen LogP contribution in [0, 0.1) is 0 Å². The van der Waals surface area contributed by atoms with Crippen molar-refractivity contribution in [2.24, 2.45) is 0 Å². The van der Waals surface area contributed by atoms with E-state index in [0.717, 1.165) is 11.3 Å². The summed E-state index contributed by atoms with van der Waals surface area (Å²) in [5.74, 6) is -0.745. The van der Waals surface area contributed by atoms with Gasteiger partial charge in [0.1, 0.15) is 0 Å². The first-order chi connectivity index (χ1) is 10.4. The van der Waals surface area contributed by atoms with Gasteiger partial charge in [-0.1, -0.05) is 30.3 Å². The Morgan fingerprint density at radius 3 is 2.32 bits per heavy atom. The highest BCUT2D eigenvalue weighted by Gasteiger charge is 2.30. The molecule has 1 amide bonds. The lowest BCUT2D eigenvalue weighted by Gasteiger charge is -2.28. The molecule has 0 spiro atoms. The molecule has 120 valence electrons. The van der Waals surface area contributed by atoms with Gasteiger partial charge >= 0.3 is 5.97 Å². The maximum absolute atomic E-state index is 12.6. The van der Waals surface area contributed by atoms with Crippen LogP contribution in [0.2, 0.25) is 0 Å². The van der Waals surface area contributed by atoms with Gasteiger partial charge in [0.2, 0.25) is 0 Å². The summed E-state index contributed by atoms with van der Waals surface area (Å²) in [6.07, 6.45) is 1.04. The minimum absolute atomic E-state index is 0.259. The summed E-state index contributed by atoms with van der Waals surface area (Å²) in [6, 6.07) is 9.75. The number of carbonyl (C=O) groups is 2. The summed E-state index contributed by atoms with van der Waals surface area (Å²) in [6.45, 7) is 7.26. The first kappa shape index (κ1) is 18.3. The highest BCUT2D eigenvalue weighted by atomic mass is 32.1. The van der Waals surface area contributed by atoms with E-state index in [1.54, 1.807) is 11.8 Å². The minimum Gasteiger partial charge on any atom is -0.451 e. The van der Waals surface area contributed by atoms with Crippen LogP contribution in [-0.2, 0) is 14.3 Å². The number of carbonyl (C=O) groups excluding carboxylic acids is 2. The fourth-order valence-electron chi connectivity index (χ4n) is 2.14. The minimum atomic E-state index is -0.889. The van der Waals surface area contributed by atoms with E-state index in [2.05, 4.69) is 12.6 Å². The molecular formula is C17H23NO3S. The van der Waals surface area contributed by atoms with Crippen molar-refractivity contribution in [1.82, 2.24) is 4.90 Å². The maximum atomic E-state index is 12.6. The van der Waals surface area contributed by atoms with Crippen LogP contribution in [0.25, 0.3) is 6.08 Å². The number of hydrogen-bond donors (Lipinski definition) is 1. The molecule has 1 aromatic carbocycles. The molecule has 0 fully saturated rings. The van der Waals surface area contributed by atoms with Crippen molar-refractivity contribution in [1.29, 1.82) is 0 Å². The number of nitrogens with zero attached hydrogens (tertiary/aromatic N) is 1. The zero-order valence-corrected chi connectivity index (χ0v) is 14.3. The number of allylic oxidation sites excluding steroid dienone is 1. The third-order valence-electron chi connectivity index (χ3n) is 3.16. The maximum Gasteiger partial charge on any atom is 0.303 e. The molecule has 0 N–H and O–H groups in total. The average molecular weight is 321 g/mol. The average Bonchev–Trinajstić information content (AvgIpc) is 2.45. The van der Waals surface area contributed by atoms with Gasteiger partial charge in [-0.25, -0.2) is 0 Å². The first-order valence-electron chi connectivity index (χ1n) is 7.26. The normalized spacial score (nSPS) is 14.1. The van der Waals surface area contributed by atoms with E-state index < -0.39 is 12.1 Å². The molecule has 5 heteroatoms. The van der Waals surface area contributed by atoms with Gasteiger partial charge in [-0.3, -0.25) is 9.59 Å². The zero-order chi connectivity index (χ0) is 16.7. The van der Waals surface area contributed by atoms with Crippen molar-refractivity contribution in [3.63, 3.8) is 0 Å². The topological polar surface area (TPSA) is 46.6 Å². The van der Waals surface area contributed by atoms with Crippen molar-refractivity contribution < 1.29 is 14.3 Å². The highest BCUT2D eigenvalue weighted by molar-refractivity contribution is 7.81. The number of rotatable bonds is 6. The monoisotopic (exact) mass is 321 g/mol. The Morgan fingerprint density at radius 2 is 1.86 bits per heavy atom. The van der Waals surface area contributed by atoms with E-state index in [9.17, 15) is 9.59 Å². The van der Waals surface area contributed by atoms with Crippen molar-refractivity contribution in [2.45, 2.75) is 39.0 Å². The van der Waals surface area contributed by atoms with E-state index in [1.165, 1.54) is 6.92 Å². The molecule has 0 aliphatic heterocycles. The molecule has 1 aromatic rings. The molecule has 0 radical (unpaired) electrons. The van der Waals surface area contributed by atoms with Gasteiger partial charge in [0, 0.05) is 24.4 Å². The van der Waals surface area contributed by atoms with Crippen LogP contribution >= 0.6 is 12.6 Å². The lowest BCUT2D eigenvalue weighted by atomic mass is 10.1. The van der Waals surface area contributed by atoms with Gasteiger partial charge in [-0.2, -0.15) is 12.6 Å². The van der Waals surface area contributed by atoms with E-state index in [4.69, 9.17) is 4.74 Å². The third kappa shape index (κ3) is 5.22. The summed E-state index contributed by atoms with van der Waals surface area (Å²) in [4.78, 5) is 25.4. The molecule has 0 saturated carbocycles. The Balaban J connectivity index is 3.00. The molecule has 0 bridgehead atoms. The summed E-state index contributed by atoms with van der Waals surface area (Å²) in [5, 5.41) is -0.380. The number of esters is 1. The Hall–Kier alpha value is -1.75. The fraction of sp³-hybridized carbons (Fsp3) is 0.412. The molecule has 0 saturated heterocycles. The molecular weight excluding hydrogens is 298 g/mol. The van der Waals surface area contributed by atoms with Crippen LogP contribution in [0.4, 0.5) is 0 Å². The van der Waals surface area contributed by atoms with Gasteiger partial charge < -0.3 is 9.64 Å². The molecule has 4 nitrogen and oxygen atoms in total. The van der Waals surface area contributed by atoms with Crippen LogP contribution in [-0.4, -0.2) is 34.7 Å². The number of ether oxygens (including phenoxy) is 1. The Bertz CT molecular complexity index is 540. The molecule has 0 aromatic heterocycles. The SMILES string of the molecule is CCN(C(=O)C(OC(C)=O)C(C)S)/C(C)=C/c1ccccc1. The van der Waals surface area contributed by atoms with Crippen LogP contribution in [0.15, 0.2) is 36.0 Å². The first-order valence-corrected chi connectivity index (χ1v) is 7.78. The van der Waals surface area contributed by atoms with E-state index >= 15 is 0 Å². The number of thiol groups is 1. The molecule has 2 atom stereocenters. The molecule has 22 heavy (non-hydrogen) atoms. The molecule has 0 aliphatic rings. The molecule has 1 rings (SSSR count). The summed E-state index contributed by atoms with van der Waals surface area (Å²) in [5.41, 5.74) is 1.80. The summed E-state index contributed by atoms with van der Waals surface area (Å²) >= 11 is 4.26. The van der Waals surface area contributed by atoms with Crippen molar-refractivity contribution in [3.05, 3.63) is 41.6 Å². The summed E-state index contributed by atoms with van der Waals surface area (Å²) in [7, 11) is 0. The lowest BCUT2D eigenvalue weighted by Crippen LogP contribution is -2.44. The predicted molar refractivity (Wildman–Crippen MR) is 91.5 cm³/mol. The third-order valence-corrected chi connectivity index (χ3v) is 3.43. The van der Waals surface area contributed by atoms with Crippen LogP contribution in [0.5, 0.6) is 0 Å². The van der Waals surface area contributed by atoms with Gasteiger partial charge in [-0.05, 0) is 32.4 Å². The zero-order valence-electron chi connectivity index (χ0n) is 13.4. The second-order valence-corrected chi connectivity index (χ2v) is 5.86. The molecule has 2 unspecified atom stereocenters. The number of hydrogen-bond acceptors (Lipinski definition) is 4. The second-order valence-electron chi connectivity index (χ2n) is 5.05. The number of benzene rings is 1. The highest BCUT2D eigenvalue weighted by Crippen LogP contribution is 2.16. The van der Waals surface area contributed by atoms with Crippen LogP contribution in [0.3, 0.4) is 0 Å². The van der Waals surface area contributed by atoms with Gasteiger partial charge in [0.25, 0.3) is 5.91 Å². The second kappa shape index (κ2) is 8.63. The Kier molecular flexibility index (Phi) is 7.18. The number of amides is 1. The van der Waals surface area contributed by atoms with Crippen LogP contribution < -0.4 is 0 Å². The smallest absolute Gasteiger partial charge is 0.303 e. The molecule has 0 heterocycles. The summed E-state index contributed by atoms with van der Waals surface area (Å²) < 4.78 is 5.12. The fourth-order valence-corrected chi connectivity index (χ4v) is 2.32. The Labute approximate surface area is 137 Å². The van der Waals surface area contributed by atoms with Crippen molar-refractivity contribution in [3.8, 4) is 0 Å². The van der Waals surface area contributed by atoms with E-state index in [0.29, 0.717) is 6.54 Å². The number of likely N-dealkylation sites (N-methyl/N-ethyl adjacent to an activating group) is 1. The van der Waals surface area contributed by atoms with Gasteiger partial charge in [-0.15, -0.1) is 0 Å². The van der Waals surface area contributed by atoms with E-state index in [-0.39, 0.29) is 11.2 Å². The Morgan fingerprint density at radius 1 is 1.27 bits per heavy atom. The van der Waals surface area contributed by atoms with Crippen molar-refractivity contribution >= 4 is 30.6 Å². The van der Waals surface area contributed by atoms with E-state index in [1.807, 2.05) is 50.3 Å². The van der Waals surface area contributed by atoms with Crippen molar-refractivity contribution in [2.75, 3.05) is 6.54 Å². The predicted octanol–water partition coefficient (Wildman–Crippen LogP) is 3.15. The standard InChI is InChI=1S/C17H23NO3S/c1-5-18(12(2)11-15-9-7-6-8-10-15)17(20)16(13(3)22)21-14(4)19/h6-11,13,16,22H,5H2,1-4H3/b12-11+.